The number of ether oxygens (including phenoxy) is 1. The summed E-state index contributed by atoms with van der Waals surface area (Å²) in [7, 11) is 0. The number of carbonyl (C=O) groups excluding carboxylic acids is 1. The molecule has 0 aromatic heterocycles. The molecule has 134 valence electrons. The van der Waals surface area contributed by atoms with Gasteiger partial charge >= 0.3 is 6.09 Å². The Hall–Kier alpha value is -1.66. The Balaban J connectivity index is 2.05. The highest BCUT2D eigenvalue weighted by Gasteiger charge is 2.43. The highest BCUT2D eigenvalue weighted by molar-refractivity contribution is 5.69. The molecule has 1 saturated heterocycles. The van der Waals surface area contributed by atoms with Gasteiger partial charge in [-0.2, -0.15) is 0 Å². The molecule has 2 rings (SSSR count). The summed E-state index contributed by atoms with van der Waals surface area (Å²) in [6.07, 6.45) is -2.28. The number of likely N-dealkylation sites (tertiary alicyclic amines) is 1. The SMILES string of the molecule is CC(C)(C)OC(=O)N1C[C@@H](F)C[C@@H]1[C@@H](O)[C@@H](N)Cc1ccccc1. The van der Waals surface area contributed by atoms with Gasteiger partial charge in [0.2, 0.25) is 0 Å². The maximum Gasteiger partial charge on any atom is 0.410 e. The molecule has 5 nitrogen and oxygen atoms in total. The average molecular weight is 338 g/mol. The molecule has 0 unspecified atom stereocenters. The summed E-state index contributed by atoms with van der Waals surface area (Å²) in [5.74, 6) is 0. The number of nitrogens with zero attached hydrogens (tertiary/aromatic N) is 1. The summed E-state index contributed by atoms with van der Waals surface area (Å²) in [6, 6.07) is 8.28. The number of benzene rings is 1. The zero-order valence-electron chi connectivity index (χ0n) is 14.5. The second-order valence-electron chi connectivity index (χ2n) is 7.38. The number of halogens is 1. The molecule has 4 atom stereocenters. The normalized spacial score (nSPS) is 23.8. The third-order valence-corrected chi connectivity index (χ3v) is 4.07. The molecule has 1 aliphatic heterocycles. The molecule has 6 heteroatoms. The zero-order chi connectivity index (χ0) is 17.9. The van der Waals surface area contributed by atoms with Gasteiger partial charge in [-0.1, -0.05) is 30.3 Å². The Bertz CT molecular complexity index is 547. The lowest BCUT2D eigenvalue weighted by molar-refractivity contribution is 0.000710. The van der Waals surface area contributed by atoms with Gasteiger partial charge in [-0.3, -0.25) is 4.90 Å². The summed E-state index contributed by atoms with van der Waals surface area (Å²) in [4.78, 5) is 13.6. The second kappa shape index (κ2) is 7.49. The molecule has 0 spiro atoms. The molecular weight excluding hydrogens is 311 g/mol. The minimum absolute atomic E-state index is 0.0723. The summed E-state index contributed by atoms with van der Waals surface area (Å²) < 4.78 is 19.2. The van der Waals surface area contributed by atoms with E-state index in [2.05, 4.69) is 0 Å². The molecule has 0 aliphatic carbocycles. The molecule has 1 fully saturated rings. The Morgan fingerprint density at radius 1 is 1.42 bits per heavy atom. The first kappa shape index (κ1) is 18.7. The van der Waals surface area contributed by atoms with Crippen LogP contribution in [0.1, 0.15) is 32.8 Å². The topological polar surface area (TPSA) is 75.8 Å². The van der Waals surface area contributed by atoms with Crippen LogP contribution in [0.15, 0.2) is 30.3 Å². The number of amides is 1. The monoisotopic (exact) mass is 338 g/mol. The number of aliphatic hydroxyl groups is 1. The lowest BCUT2D eigenvalue weighted by Gasteiger charge is -2.33. The van der Waals surface area contributed by atoms with Crippen LogP contribution in [0.25, 0.3) is 0 Å². The average Bonchev–Trinajstić information content (AvgIpc) is 2.88. The lowest BCUT2D eigenvalue weighted by atomic mass is 9.95. The molecule has 1 aromatic rings. The zero-order valence-corrected chi connectivity index (χ0v) is 14.5. The van der Waals surface area contributed by atoms with Crippen molar-refractivity contribution in [3.63, 3.8) is 0 Å². The number of rotatable bonds is 4. The Kier molecular flexibility index (Phi) is 5.83. The van der Waals surface area contributed by atoms with E-state index in [4.69, 9.17) is 10.5 Å². The van der Waals surface area contributed by atoms with Gasteiger partial charge in [-0.05, 0) is 32.8 Å². The van der Waals surface area contributed by atoms with Crippen molar-refractivity contribution in [1.82, 2.24) is 4.90 Å². The molecule has 1 amide bonds. The van der Waals surface area contributed by atoms with Crippen molar-refractivity contribution < 1.29 is 19.0 Å². The standard InChI is InChI=1S/C18H27FN2O3/c1-18(2,3)24-17(23)21-11-13(19)10-15(21)16(22)14(20)9-12-7-5-4-6-8-12/h4-8,13-16,22H,9-11,20H2,1-3H3/t13-,14-,15+,16-/m0/s1. The Morgan fingerprint density at radius 2 is 2.04 bits per heavy atom. The predicted molar refractivity (Wildman–Crippen MR) is 90.4 cm³/mol. The van der Waals surface area contributed by atoms with E-state index in [0.29, 0.717) is 6.42 Å². The Morgan fingerprint density at radius 3 is 2.62 bits per heavy atom. The summed E-state index contributed by atoms with van der Waals surface area (Å²) in [5, 5.41) is 10.6. The van der Waals surface area contributed by atoms with Crippen LogP contribution in [-0.4, -0.2) is 52.6 Å². The van der Waals surface area contributed by atoms with Crippen molar-refractivity contribution in [3.05, 3.63) is 35.9 Å². The fourth-order valence-corrected chi connectivity index (χ4v) is 2.96. The maximum absolute atomic E-state index is 13.9. The van der Waals surface area contributed by atoms with Crippen molar-refractivity contribution in [2.24, 2.45) is 5.73 Å². The van der Waals surface area contributed by atoms with E-state index in [1.54, 1.807) is 20.8 Å². The first-order valence-corrected chi connectivity index (χ1v) is 8.28. The summed E-state index contributed by atoms with van der Waals surface area (Å²) >= 11 is 0. The van der Waals surface area contributed by atoms with Crippen LogP contribution >= 0.6 is 0 Å². The third kappa shape index (κ3) is 4.92. The molecule has 24 heavy (non-hydrogen) atoms. The van der Waals surface area contributed by atoms with E-state index in [9.17, 15) is 14.3 Å². The highest BCUT2D eigenvalue weighted by Crippen LogP contribution is 2.27. The first-order valence-electron chi connectivity index (χ1n) is 8.28. The summed E-state index contributed by atoms with van der Waals surface area (Å²) in [6.45, 7) is 5.18. The molecule has 3 N–H and O–H groups in total. The van der Waals surface area contributed by atoms with Crippen LogP contribution in [0.4, 0.5) is 9.18 Å². The van der Waals surface area contributed by atoms with Gasteiger partial charge in [0, 0.05) is 12.5 Å². The van der Waals surface area contributed by atoms with Gasteiger partial charge in [0.25, 0.3) is 0 Å². The molecule has 0 saturated carbocycles. The molecular formula is C18H27FN2O3. The number of alkyl halides is 1. The lowest BCUT2D eigenvalue weighted by Crippen LogP contribution is -2.52. The largest absolute Gasteiger partial charge is 0.444 e. The van der Waals surface area contributed by atoms with E-state index in [1.165, 1.54) is 4.90 Å². The van der Waals surface area contributed by atoms with Gasteiger partial charge in [0.1, 0.15) is 11.8 Å². The quantitative estimate of drug-likeness (QED) is 0.883. The van der Waals surface area contributed by atoms with Gasteiger partial charge < -0.3 is 15.6 Å². The van der Waals surface area contributed by atoms with Gasteiger partial charge in [-0.25, -0.2) is 9.18 Å². The maximum atomic E-state index is 13.9. The van der Waals surface area contributed by atoms with Crippen LogP contribution in [0.2, 0.25) is 0 Å². The van der Waals surface area contributed by atoms with Crippen LogP contribution in [0.3, 0.4) is 0 Å². The second-order valence-corrected chi connectivity index (χ2v) is 7.38. The summed E-state index contributed by atoms with van der Waals surface area (Å²) in [5.41, 5.74) is 6.43. The van der Waals surface area contributed by atoms with E-state index >= 15 is 0 Å². The van der Waals surface area contributed by atoms with E-state index in [0.717, 1.165) is 5.56 Å². The molecule has 1 aliphatic rings. The fraction of sp³-hybridized carbons (Fsp3) is 0.611. The van der Waals surface area contributed by atoms with Crippen molar-refractivity contribution >= 4 is 6.09 Å². The number of carbonyl (C=O) groups is 1. The van der Waals surface area contributed by atoms with Gasteiger partial charge in [0.05, 0.1) is 18.7 Å². The molecule has 1 heterocycles. The van der Waals surface area contributed by atoms with Crippen molar-refractivity contribution in [2.75, 3.05) is 6.54 Å². The number of hydrogen-bond acceptors (Lipinski definition) is 4. The van der Waals surface area contributed by atoms with E-state index in [-0.39, 0.29) is 13.0 Å². The number of nitrogens with two attached hydrogens (primary N) is 1. The van der Waals surface area contributed by atoms with Gasteiger partial charge in [-0.15, -0.1) is 0 Å². The van der Waals surface area contributed by atoms with Crippen LogP contribution in [0.5, 0.6) is 0 Å². The third-order valence-electron chi connectivity index (χ3n) is 4.07. The molecule has 0 bridgehead atoms. The van der Waals surface area contributed by atoms with Crippen molar-refractivity contribution in [1.29, 1.82) is 0 Å². The fourth-order valence-electron chi connectivity index (χ4n) is 2.96. The smallest absolute Gasteiger partial charge is 0.410 e. The minimum Gasteiger partial charge on any atom is -0.444 e. The first-order chi connectivity index (χ1) is 11.2. The van der Waals surface area contributed by atoms with Crippen LogP contribution in [0, 0.1) is 0 Å². The number of hydrogen-bond donors (Lipinski definition) is 2. The van der Waals surface area contributed by atoms with E-state index < -0.39 is 36.1 Å². The van der Waals surface area contributed by atoms with Gasteiger partial charge in [0.15, 0.2) is 0 Å². The van der Waals surface area contributed by atoms with Crippen molar-refractivity contribution in [2.45, 2.75) is 63.6 Å². The highest BCUT2D eigenvalue weighted by atomic mass is 19.1. The Labute approximate surface area is 142 Å². The molecule has 1 aromatic carbocycles. The van der Waals surface area contributed by atoms with Crippen molar-refractivity contribution in [3.8, 4) is 0 Å². The number of aliphatic hydroxyl groups excluding tert-OH is 1. The van der Waals surface area contributed by atoms with E-state index in [1.807, 2.05) is 30.3 Å². The predicted octanol–water partition coefficient (Wildman–Crippen LogP) is 2.26. The minimum atomic E-state index is -1.18. The molecule has 0 radical (unpaired) electrons. The van der Waals surface area contributed by atoms with Crippen LogP contribution < -0.4 is 5.73 Å². The van der Waals surface area contributed by atoms with Crippen LogP contribution in [-0.2, 0) is 11.2 Å².